The highest BCUT2D eigenvalue weighted by atomic mass is 16.3. The molecule has 0 radical (unpaired) electrons. The van der Waals surface area contributed by atoms with Crippen molar-refractivity contribution in [1.82, 2.24) is 24.9 Å². The summed E-state index contributed by atoms with van der Waals surface area (Å²) in [5.41, 5.74) is 3.23. The predicted molar refractivity (Wildman–Crippen MR) is 119 cm³/mol. The summed E-state index contributed by atoms with van der Waals surface area (Å²) in [5, 5.41) is 0.955. The third-order valence-electron chi connectivity index (χ3n) is 5.22. The lowest BCUT2D eigenvalue weighted by atomic mass is 10.0. The average Bonchev–Trinajstić information content (AvgIpc) is 3.50. The van der Waals surface area contributed by atoms with Crippen LogP contribution in [0.5, 0.6) is 0 Å². The second-order valence-corrected chi connectivity index (χ2v) is 7.31. The summed E-state index contributed by atoms with van der Waals surface area (Å²) in [4.78, 5) is 34.2. The number of H-pyrrole nitrogens is 1. The molecule has 32 heavy (non-hydrogen) atoms. The van der Waals surface area contributed by atoms with E-state index in [4.69, 9.17) is 18.8 Å². The van der Waals surface area contributed by atoms with E-state index in [9.17, 15) is 4.79 Å². The van der Waals surface area contributed by atoms with Gasteiger partial charge < -0.3 is 13.8 Å². The van der Waals surface area contributed by atoms with Crippen LogP contribution < -0.4 is 5.43 Å². The number of furan rings is 1. The van der Waals surface area contributed by atoms with Crippen molar-refractivity contribution in [3.05, 3.63) is 83.3 Å². The van der Waals surface area contributed by atoms with Crippen molar-refractivity contribution >= 4 is 22.1 Å². The maximum absolute atomic E-state index is 13.2. The number of hydrogen-bond donors (Lipinski definition) is 1. The number of benzene rings is 1. The van der Waals surface area contributed by atoms with Gasteiger partial charge in [-0.05, 0) is 37.3 Å². The molecule has 0 atom stereocenters. The van der Waals surface area contributed by atoms with Gasteiger partial charge in [0.05, 0.1) is 11.7 Å². The van der Waals surface area contributed by atoms with Crippen LogP contribution in [0.1, 0.15) is 5.76 Å². The molecule has 0 aliphatic carbocycles. The van der Waals surface area contributed by atoms with E-state index in [0.717, 1.165) is 22.2 Å². The van der Waals surface area contributed by atoms with Gasteiger partial charge in [-0.15, -0.1) is 0 Å². The van der Waals surface area contributed by atoms with Crippen molar-refractivity contribution in [3.8, 4) is 34.2 Å². The van der Waals surface area contributed by atoms with Gasteiger partial charge in [0.2, 0.25) is 11.3 Å². The number of oxazole rings is 1. The van der Waals surface area contributed by atoms with Crippen LogP contribution in [0.15, 0.2) is 80.9 Å². The largest absolute Gasteiger partial charge is 0.460 e. The number of nitrogens with one attached hydrogen (secondary N) is 1. The monoisotopic (exact) mass is 421 g/mol. The minimum absolute atomic E-state index is 0.189. The minimum Gasteiger partial charge on any atom is -0.460 e. The van der Waals surface area contributed by atoms with Crippen molar-refractivity contribution in [2.24, 2.45) is 0 Å². The summed E-state index contributed by atoms with van der Waals surface area (Å²) in [6.45, 7) is 1.86. The molecular formula is C24H15N5O3. The number of hydrogen-bond acceptors (Lipinski definition) is 7. The molecule has 1 aromatic carbocycles. The first kappa shape index (κ1) is 18.2. The third kappa shape index (κ3) is 2.89. The number of aromatic amines is 1. The van der Waals surface area contributed by atoms with E-state index in [2.05, 4.69) is 15.0 Å². The van der Waals surface area contributed by atoms with Crippen LogP contribution in [0, 0.1) is 6.92 Å². The second-order valence-electron chi connectivity index (χ2n) is 7.31. The number of fused-ring (bicyclic) bond motifs is 2. The smallest absolute Gasteiger partial charge is 0.231 e. The zero-order chi connectivity index (χ0) is 21.7. The molecule has 154 valence electrons. The summed E-state index contributed by atoms with van der Waals surface area (Å²) < 4.78 is 11.2. The van der Waals surface area contributed by atoms with Crippen molar-refractivity contribution < 1.29 is 8.83 Å². The SMILES string of the molecule is Cc1ccc(-c2nc3[nH]cc(-c4ncco4)c(=O)c3nc2-c2ccc3ncccc3c2)o1. The van der Waals surface area contributed by atoms with Crippen LogP contribution in [-0.2, 0) is 0 Å². The zero-order valence-corrected chi connectivity index (χ0v) is 16.9. The highest BCUT2D eigenvalue weighted by molar-refractivity contribution is 5.89. The Morgan fingerprint density at radius 1 is 0.969 bits per heavy atom. The number of nitrogens with zero attached hydrogens (tertiary/aromatic N) is 4. The standard InChI is InChI=1S/C24H15N5O3/c1-13-4-7-18(32-13)20-19(15-5-6-17-14(11-15)3-2-8-25-17)28-21-22(30)16(12-27-23(21)29-20)24-26-9-10-31-24/h2-12H,1H3,(H,27,29,30). The Morgan fingerprint density at radius 3 is 2.72 bits per heavy atom. The van der Waals surface area contributed by atoms with Crippen molar-refractivity contribution in [2.45, 2.75) is 6.92 Å². The van der Waals surface area contributed by atoms with Gasteiger partial charge in [0.15, 0.2) is 16.9 Å². The number of aryl methyl sites for hydroxylation is 1. The molecule has 0 amide bonds. The predicted octanol–water partition coefficient (Wildman–Crippen LogP) is 4.76. The molecule has 0 fully saturated rings. The van der Waals surface area contributed by atoms with E-state index in [-0.39, 0.29) is 22.4 Å². The molecule has 0 saturated heterocycles. The summed E-state index contributed by atoms with van der Waals surface area (Å²) in [6, 6.07) is 13.4. The van der Waals surface area contributed by atoms with E-state index < -0.39 is 0 Å². The molecule has 0 aliphatic rings. The fourth-order valence-corrected chi connectivity index (χ4v) is 3.70. The first-order valence-electron chi connectivity index (χ1n) is 9.92. The van der Waals surface area contributed by atoms with Gasteiger partial charge >= 0.3 is 0 Å². The second kappa shape index (κ2) is 6.98. The zero-order valence-electron chi connectivity index (χ0n) is 16.9. The van der Waals surface area contributed by atoms with E-state index in [1.54, 1.807) is 6.20 Å². The van der Waals surface area contributed by atoms with Crippen LogP contribution >= 0.6 is 0 Å². The fourth-order valence-electron chi connectivity index (χ4n) is 3.70. The van der Waals surface area contributed by atoms with Gasteiger partial charge in [0.25, 0.3) is 0 Å². The molecule has 6 rings (SSSR count). The lowest BCUT2D eigenvalue weighted by Crippen LogP contribution is -2.11. The first-order valence-corrected chi connectivity index (χ1v) is 9.92. The molecule has 0 aliphatic heterocycles. The first-order chi connectivity index (χ1) is 15.7. The number of pyridine rings is 2. The quantitative estimate of drug-likeness (QED) is 0.439. The van der Waals surface area contributed by atoms with E-state index in [0.29, 0.717) is 22.8 Å². The molecule has 0 bridgehead atoms. The molecule has 8 heteroatoms. The number of aromatic nitrogens is 5. The van der Waals surface area contributed by atoms with Crippen molar-refractivity contribution in [2.75, 3.05) is 0 Å². The highest BCUT2D eigenvalue weighted by Crippen LogP contribution is 2.32. The Morgan fingerprint density at radius 2 is 1.91 bits per heavy atom. The normalized spacial score (nSPS) is 11.4. The van der Waals surface area contributed by atoms with Gasteiger partial charge in [0.1, 0.15) is 29.0 Å². The molecule has 8 nitrogen and oxygen atoms in total. The summed E-state index contributed by atoms with van der Waals surface area (Å²) >= 11 is 0. The number of rotatable bonds is 3. The van der Waals surface area contributed by atoms with Gasteiger partial charge in [-0.1, -0.05) is 12.1 Å². The molecule has 5 aromatic heterocycles. The van der Waals surface area contributed by atoms with E-state index in [1.165, 1.54) is 18.7 Å². The van der Waals surface area contributed by atoms with Gasteiger partial charge in [-0.25, -0.2) is 15.0 Å². The van der Waals surface area contributed by atoms with Crippen LogP contribution in [0.3, 0.4) is 0 Å². The molecule has 0 spiro atoms. The Hall–Kier alpha value is -4.59. The highest BCUT2D eigenvalue weighted by Gasteiger charge is 2.20. The third-order valence-corrected chi connectivity index (χ3v) is 5.22. The maximum Gasteiger partial charge on any atom is 0.231 e. The minimum atomic E-state index is -0.320. The molecule has 1 N–H and O–H groups in total. The lowest BCUT2D eigenvalue weighted by Gasteiger charge is -2.10. The summed E-state index contributed by atoms with van der Waals surface area (Å²) in [7, 11) is 0. The molecular weight excluding hydrogens is 406 g/mol. The topological polar surface area (TPSA) is 111 Å². The van der Waals surface area contributed by atoms with Crippen molar-refractivity contribution in [1.29, 1.82) is 0 Å². The average molecular weight is 421 g/mol. The molecule has 0 unspecified atom stereocenters. The Balaban J connectivity index is 1.66. The summed E-state index contributed by atoms with van der Waals surface area (Å²) in [5.74, 6) is 1.54. The Labute approximate surface area is 180 Å². The van der Waals surface area contributed by atoms with Crippen molar-refractivity contribution in [3.63, 3.8) is 0 Å². The maximum atomic E-state index is 13.2. The molecule has 6 aromatic rings. The van der Waals surface area contributed by atoms with Crippen LogP contribution in [0.25, 0.3) is 56.2 Å². The molecule has 0 saturated carbocycles. The summed E-state index contributed by atoms with van der Waals surface area (Å²) in [6.07, 6.45) is 6.19. The molecule has 5 heterocycles. The van der Waals surface area contributed by atoms with E-state index >= 15 is 0 Å². The Bertz CT molecular complexity index is 1670. The van der Waals surface area contributed by atoms with Crippen LogP contribution in [0.4, 0.5) is 0 Å². The van der Waals surface area contributed by atoms with E-state index in [1.807, 2.05) is 49.4 Å². The lowest BCUT2D eigenvalue weighted by molar-refractivity contribution is 0.546. The van der Waals surface area contributed by atoms with Gasteiger partial charge in [-0.2, -0.15) is 0 Å². The Kier molecular flexibility index (Phi) is 3.97. The fraction of sp³-hybridized carbons (Fsp3) is 0.0417. The van der Waals surface area contributed by atoms with Gasteiger partial charge in [-0.3, -0.25) is 9.78 Å². The van der Waals surface area contributed by atoms with Crippen LogP contribution in [0.2, 0.25) is 0 Å². The van der Waals surface area contributed by atoms with Gasteiger partial charge in [0, 0.05) is 23.3 Å². The van der Waals surface area contributed by atoms with Crippen LogP contribution in [-0.4, -0.2) is 24.9 Å².